The normalized spacial score (nSPS) is 10.5. The first-order valence-electron chi connectivity index (χ1n) is 7.36. The second kappa shape index (κ2) is 7.54. The maximum atomic E-state index is 6.25. The molecule has 0 unspecified atom stereocenters. The average molecular weight is 378 g/mol. The molecule has 0 radical (unpaired) electrons. The Hall–Kier alpha value is -2.58. The third-order valence-electron chi connectivity index (χ3n) is 3.55. The predicted octanol–water partition coefficient (Wildman–Crippen LogP) is 3.42. The molecule has 2 heterocycles. The molecule has 25 heavy (non-hydrogen) atoms. The fraction of sp³-hybridized carbons (Fsp3) is 0.188. The zero-order valence-corrected chi connectivity index (χ0v) is 15.2. The number of benzene rings is 1. The Kier molecular flexibility index (Phi) is 5.20. The van der Waals surface area contributed by atoms with Gasteiger partial charge >= 0.3 is 0 Å². The maximum absolute atomic E-state index is 6.25. The SMILES string of the molecule is COc1cc(CNn2c(-c3ccncc3)n[nH]c2=S)cc(Cl)c1OC. The second-order valence-corrected chi connectivity index (χ2v) is 5.87. The minimum Gasteiger partial charge on any atom is -0.493 e. The van der Waals surface area contributed by atoms with Crippen LogP contribution in [0.15, 0.2) is 36.7 Å². The highest BCUT2D eigenvalue weighted by Gasteiger charge is 2.12. The molecule has 0 aliphatic rings. The van der Waals surface area contributed by atoms with Gasteiger partial charge in [-0.15, -0.1) is 0 Å². The topological polar surface area (TPSA) is 77.0 Å². The number of H-pyrrole nitrogens is 1. The van der Waals surface area contributed by atoms with Crippen molar-refractivity contribution >= 4 is 23.8 Å². The van der Waals surface area contributed by atoms with Gasteiger partial charge in [0.05, 0.1) is 25.8 Å². The number of hydrogen-bond donors (Lipinski definition) is 2. The number of aromatic amines is 1. The van der Waals surface area contributed by atoms with Gasteiger partial charge in [0.15, 0.2) is 17.3 Å². The van der Waals surface area contributed by atoms with Crippen LogP contribution in [0.5, 0.6) is 11.5 Å². The molecule has 2 aromatic heterocycles. The van der Waals surface area contributed by atoms with E-state index in [2.05, 4.69) is 20.6 Å². The van der Waals surface area contributed by atoms with Gasteiger partial charge in [0, 0.05) is 18.0 Å². The maximum Gasteiger partial charge on any atom is 0.214 e. The molecule has 0 atom stereocenters. The number of hydrogen-bond acceptors (Lipinski definition) is 6. The van der Waals surface area contributed by atoms with Gasteiger partial charge in [-0.1, -0.05) is 11.6 Å². The summed E-state index contributed by atoms with van der Waals surface area (Å²) in [5.74, 6) is 1.74. The van der Waals surface area contributed by atoms with Gasteiger partial charge in [-0.3, -0.25) is 4.98 Å². The molecule has 0 saturated heterocycles. The van der Waals surface area contributed by atoms with Gasteiger partial charge in [-0.25, -0.2) is 9.77 Å². The van der Waals surface area contributed by atoms with Crippen LogP contribution in [0.4, 0.5) is 0 Å². The molecule has 9 heteroatoms. The minimum atomic E-state index is 0.457. The number of halogens is 1. The van der Waals surface area contributed by atoms with E-state index in [1.165, 1.54) is 0 Å². The van der Waals surface area contributed by atoms with Crippen molar-refractivity contribution in [1.29, 1.82) is 0 Å². The molecular formula is C16H16ClN5O2S. The Morgan fingerprint density at radius 3 is 2.68 bits per heavy atom. The molecule has 0 spiro atoms. The lowest BCUT2D eigenvalue weighted by molar-refractivity contribution is 0.354. The predicted molar refractivity (Wildman–Crippen MR) is 98.3 cm³/mol. The second-order valence-electron chi connectivity index (χ2n) is 5.07. The van der Waals surface area contributed by atoms with Gasteiger partial charge in [0.25, 0.3) is 0 Å². The largest absolute Gasteiger partial charge is 0.493 e. The third-order valence-corrected chi connectivity index (χ3v) is 4.10. The van der Waals surface area contributed by atoms with Crippen molar-refractivity contribution < 1.29 is 9.47 Å². The zero-order chi connectivity index (χ0) is 17.8. The fourth-order valence-electron chi connectivity index (χ4n) is 2.38. The van der Waals surface area contributed by atoms with E-state index in [1.807, 2.05) is 24.3 Å². The molecule has 3 aromatic rings. The van der Waals surface area contributed by atoms with Gasteiger partial charge in [0.1, 0.15) is 0 Å². The number of methoxy groups -OCH3 is 2. The highest BCUT2D eigenvalue weighted by atomic mass is 35.5. The minimum absolute atomic E-state index is 0.457. The quantitative estimate of drug-likeness (QED) is 0.641. The summed E-state index contributed by atoms with van der Waals surface area (Å²) in [5, 5.41) is 7.52. The van der Waals surface area contributed by atoms with Crippen molar-refractivity contribution in [2.45, 2.75) is 6.54 Å². The van der Waals surface area contributed by atoms with Crippen LogP contribution in [0.1, 0.15) is 5.56 Å². The summed E-state index contributed by atoms with van der Waals surface area (Å²) in [5.41, 5.74) is 5.03. The zero-order valence-electron chi connectivity index (χ0n) is 13.6. The van der Waals surface area contributed by atoms with E-state index in [-0.39, 0.29) is 0 Å². The molecule has 0 fully saturated rings. The van der Waals surface area contributed by atoms with Gasteiger partial charge < -0.3 is 14.9 Å². The van der Waals surface area contributed by atoms with Crippen LogP contribution < -0.4 is 14.9 Å². The third kappa shape index (κ3) is 3.59. The first-order valence-corrected chi connectivity index (χ1v) is 8.14. The van der Waals surface area contributed by atoms with E-state index in [1.54, 1.807) is 31.3 Å². The van der Waals surface area contributed by atoms with Crippen molar-refractivity contribution in [3.63, 3.8) is 0 Å². The van der Waals surface area contributed by atoms with Crippen LogP contribution in [-0.2, 0) is 6.54 Å². The monoisotopic (exact) mass is 377 g/mol. The Balaban J connectivity index is 1.87. The van der Waals surface area contributed by atoms with Crippen molar-refractivity contribution in [3.8, 4) is 22.9 Å². The number of ether oxygens (including phenoxy) is 2. The lowest BCUT2D eigenvalue weighted by atomic mass is 10.2. The number of pyridine rings is 1. The van der Waals surface area contributed by atoms with Crippen molar-refractivity contribution in [2.24, 2.45) is 0 Å². The van der Waals surface area contributed by atoms with Crippen molar-refractivity contribution in [1.82, 2.24) is 19.9 Å². The highest BCUT2D eigenvalue weighted by Crippen LogP contribution is 2.36. The van der Waals surface area contributed by atoms with E-state index >= 15 is 0 Å². The molecule has 1 aromatic carbocycles. The lowest BCUT2D eigenvalue weighted by Crippen LogP contribution is -2.16. The summed E-state index contributed by atoms with van der Waals surface area (Å²) in [6.45, 7) is 0.464. The van der Waals surface area contributed by atoms with E-state index in [0.29, 0.717) is 33.7 Å². The van der Waals surface area contributed by atoms with E-state index in [0.717, 1.165) is 11.1 Å². The van der Waals surface area contributed by atoms with Crippen LogP contribution in [0.2, 0.25) is 5.02 Å². The van der Waals surface area contributed by atoms with Gasteiger partial charge in [-0.2, -0.15) is 5.10 Å². The smallest absolute Gasteiger partial charge is 0.214 e. The van der Waals surface area contributed by atoms with Gasteiger partial charge in [0.2, 0.25) is 4.77 Å². The molecule has 0 saturated carbocycles. The van der Waals surface area contributed by atoms with Crippen LogP contribution >= 0.6 is 23.8 Å². The molecule has 0 amide bonds. The van der Waals surface area contributed by atoms with Crippen LogP contribution in [0, 0.1) is 4.77 Å². The summed E-state index contributed by atoms with van der Waals surface area (Å²) in [4.78, 5) is 4.01. The van der Waals surface area contributed by atoms with Gasteiger partial charge in [-0.05, 0) is 42.0 Å². The molecule has 7 nitrogen and oxygen atoms in total. The number of aromatic nitrogens is 4. The highest BCUT2D eigenvalue weighted by molar-refractivity contribution is 7.71. The van der Waals surface area contributed by atoms with E-state index < -0.39 is 0 Å². The molecule has 3 rings (SSSR count). The molecule has 130 valence electrons. The average Bonchev–Trinajstić information content (AvgIpc) is 3.00. The van der Waals surface area contributed by atoms with E-state index in [4.69, 9.17) is 33.3 Å². The molecule has 0 aliphatic heterocycles. The molecule has 0 bridgehead atoms. The first kappa shape index (κ1) is 17.2. The standard InChI is InChI=1S/C16H16ClN5O2S/c1-23-13-8-10(7-12(17)14(13)24-2)9-19-22-15(20-21-16(22)25)11-3-5-18-6-4-11/h3-8,19H,9H2,1-2H3,(H,21,25). The Bertz CT molecular complexity index is 926. The summed E-state index contributed by atoms with van der Waals surface area (Å²) in [7, 11) is 3.12. The number of nitrogens with zero attached hydrogens (tertiary/aromatic N) is 3. The molecule has 2 N–H and O–H groups in total. The van der Waals surface area contributed by atoms with Crippen molar-refractivity contribution in [3.05, 3.63) is 52.0 Å². The summed E-state index contributed by atoms with van der Waals surface area (Å²) >= 11 is 11.5. The number of rotatable bonds is 6. The fourth-order valence-corrected chi connectivity index (χ4v) is 2.89. The Morgan fingerprint density at radius 2 is 2.00 bits per heavy atom. The van der Waals surface area contributed by atoms with Crippen LogP contribution in [0.25, 0.3) is 11.4 Å². The first-order chi connectivity index (χ1) is 12.1. The Labute approximate surface area is 154 Å². The number of nitrogens with one attached hydrogen (secondary N) is 2. The summed E-state index contributed by atoms with van der Waals surface area (Å²) < 4.78 is 12.7. The molecular weight excluding hydrogens is 362 g/mol. The lowest BCUT2D eigenvalue weighted by Gasteiger charge is -2.14. The Morgan fingerprint density at radius 1 is 1.24 bits per heavy atom. The molecule has 0 aliphatic carbocycles. The van der Waals surface area contributed by atoms with Crippen LogP contribution in [0.3, 0.4) is 0 Å². The summed E-state index contributed by atoms with van der Waals surface area (Å²) in [6.07, 6.45) is 3.40. The van der Waals surface area contributed by atoms with Crippen LogP contribution in [-0.4, -0.2) is 34.1 Å². The summed E-state index contributed by atoms with van der Waals surface area (Å²) in [6, 6.07) is 7.38. The van der Waals surface area contributed by atoms with E-state index in [9.17, 15) is 0 Å². The van der Waals surface area contributed by atoms with Crippen molar-refractivity contribution in [2.75, 3.05) is 19.6 Å².